The summed E-state index contributed by atoms with van der Waals surface area (Å²) in [5, 5.41) is 7.93. The van der Waals surface area contributed by atoms with Gasteiger partial charge in [0, 0.05) is 6.04 Å². The maximum atomic E-state index is 11.4. The van der Waals surface area contributed by atoms with Crippen LogP contribution in [0.2, 0.25) is 0 Å². The van der Waals surface area contributed by atoms with Gasteiger partial charge in [0.15, 0.2) is 0 Å². The van der Waals surface area contributed by atoms with Crippen molar-refractivity contribution in [1.29, 1.82) is 0 Å². The van der Waals surface area contributed by atoms with Crippen LogP contribution in [0, 0.1) is 0 Å². The van der Waals surface area contributed by atoms with E-state index in [0.717, 1.165) is 19.4 Å². The van der Waals surface area contributed by atoms with Gasteiger partial charge in [-0.2, -0.15) is 0 Å². The minimum absolute atomic E-state index is 0.104. The van der Waals surface area contributed by atoms with Gasteiger partial charge in [0.2, 0.25) is 0 Å². The average Bonchev–Trinajstić information content (AvgIpc) is 2.59. The predicted molar refractivity (Wildman–Crippen MR) is 56.0 cm³/mol. The summed E-state index contributed by atoms with van der Waals surface area (Å²) in [7, 11) is 0. The van der Waals surface area contributed by atoms with Crippen molar-refractivity contribution in [2.75, 3.05) is 6.54 Å². The highest BCUT2D eigenvalue weighted by Crippen LogP contribution is 2.16. The monoisotopic (exact) mass is 212 g/mol. The molecule has 3 N–H and O–H groups in total. The second-order valence-corrected chi connectivity index (χ2v) is 4.03. The lowest BCUT2D eigenvalue weighted by Gasteiger charge is -2.28. The SMILES string of the molecule is CC(C1CCCCN1)n1c(=O)[nH][nH]c1=O. The van der Waals surface area contributed by atoms with Crippen LogP contribution in [0.15, 0.2) is 9.59 Å². The van der Waals surface area contributed by atoms with Crippen LogP contribution in [0.25, 0.3) is 0 Å². The number of piperidine rings is 1. The number of rotatable bonds is 2. The van der Waals surface area contributed by atoms with Crippen molar-refractivity contribution < 1.29 is 0 Å². The molecule has 2 atom stereocenters. The molecule has 2 rings (SSSR count). The molecule has 1 fully saturated rings. The second-order valence-electron chi connectivity index (χ2n) is 4.03. The van der Waals surface area contributed by atoms with Gasteiger partial charge < -0.3 is 5.32 Å². The van der Waals surface area contributed by atoms with E-state index < -0.39 is 0 Å². The summed E-state index contributed by atoms with van der Waals surface area (Å²) in [5.41, 5.74) is -0.722. The van der Waals surface area contributed by atoms with E-state index in [-0.39, 0.29) is 23.5 Å². The summed E-state index contributed by atoms with van der Waals surface area (Å²) in [5.74, 6) is 0. The molecule has 15 heavy (non-hydrogen) atoms. The molecule has 6 heteroatoms. The van der Waals surface area contributed by atoms with Crippen LogP contribution in [0.4, 0.5) is 0 Å². The maximum absolute atomic E-state index is 11.4. The number of aromatic amines is 2. The van der Waals surface area contributed by atoms with Gasteiger partial charge in [-0.15, -0.1) is 0 Å². The van der Waals surface area contributed by atoms with Crippen molar-refractivity contribution in [2.24, 2.45) is 0 Å². The Bertz CT molecular complexity index is 396. The number of hydrogen-bond acceptors (Lipinski definition) is 3. The molecule has 2 unspecified atom stereocenters. The maximum Gasteiger partial charge on any atom is 0.344 e. The minimum Gasteiger partial charge on any atom is -0.312 e. The summed E-state index contributed by atoms with van der Waals surface area (Å²) in [6.45, 7) is 2.86. The van der Waals surface area contributed by atoms with E-state index in [1.165, 1.54) is 11.0 Å². The molecule has 84 valence electrons. The molecule has 6 nitrogen and oxygen atoms in total. The van der Waals surface area contributed by atoms with Crippen molar-refractivity contribution >= 4 is 0 Å². The van der Waals surface area contributed by atoms with Gasteiger partial charge in [-0.25, -0.2) is 24.4 Å². The summed E-state index contributed by atoms with van der Waals surface area (Å²) < 4.78 is 1.24. The largest absolute Gasteiger partial charge is 0.344 e. The van der Waals surface area contributed by atoms with E-state index in [9.17, 15) is 9.59 Å². The van der Waals surface area contributed by atoms with Crippen LogP contribution < -0.4 is 16.7 Å². The zero-order valence-corrected chi connectivity index (χ0v) is 8.75. The smallest absolute Gasteiger partial charge is 0.312 e. The third kappa shape index (κ3) is 1.90. The number of H-pyrrole nitrogens is 2. The highest BCUT2D eigenvalue weighted by atomic mass is 16.2. The van der Waals surface area contributed by atoms with Crippen LogP contribution in [-0.4, -0.2) is 27.4 Å². The van der Waals surface area contributed by atoms with Crippen LogP contribution in [0.3, 0.4) is 0 Å². The van der Waals surface area contributed by atoms with Crippen molar-refractivity contribution in [3.8, 4) is 0 Å². The summed E-state index contributed by atoms with van der Waals surface area (Å²) in [6, 6.07) is 0.112. The molecule has 0 radical (unpaired) electrons. The first kappa shape index (κ1) is 10.2. The van der Waals surface area contributed by atoms with Gasteiger partial charge in [-0.3, -0.25) is 0 Å². The van der Waals surface area contributed by atoms with Crippen molar-refractivity contribution in [1.82, 2.24) is 20.1 Å². The van der Waals surface area contributed by atoms with Gasteiger partial charge in [0.1, 0.15) is 0 Å². The van der Waals surface area contributed by atoms with Crippen LogP contribution in [-0.2, 0) is 0 Å². The minimum atomic E-state index is -0.361. The molecule has 0 bridgehead atoms. The second kappa shape index (κ2) is 4.06. The number of nitrogens with one attached hydrogen (secondary N) is 3. The molecule has 2 heterocycles. The lowest BCUT2D eigenvalue weighted by atomic mass is 9.99. The molecule has 1 saturated heterocycles. The Labute approximate surface area is 86.7 Å². The van der Waals surface area contributed by atoms with Gasteiger partial charge >= 0.3 is 11.4 Å². The highest BCUT2D eigenvalue weighted by Gasteiger charge is 2.23. The highest BCUT2D eigenvalue weighted by molar-refractivity contribution is 4.84. The fourth-order valence-corrected chi connectivity index (χ4v) is 2.16. The van der Waals surface area contributed by atoms with Gasteiger partial charge in [0.05, 0.1) is 6.04 Å². The zero-order chi connectivity index (χ0) is 10.8. The summed E-state index contributed by atoms with van der Waals surface area (Å²) in [4.78, 5) is 22.7. The van der Waals surface area contributed by atoms with E-state index in [0.29, 0.717) is 0 Å². The van der Waals surface area contributed by atoms with E-state index in [1.807, 2.05) is 6.92 Å². The first-order valence-electron chi connectivity index (χ1n) is 5.32. The predicted octanol–water partition coefficient (Wildman–Crippen LogP) is -0.432. The number of nitrogens with zero attached hydrogens (tertiary/aromatic N) is 1. The quantitative estimate of drug-likeness (QED) is 0.622. The van der Waals surface area contributed by atoms with Gasteiger partial charge in [-0.1, -0.05) is 6.42 Å². The molecule has 0 aliphatic carbocycles. The molecule has 1 aromatic heterocycles. The normalized spacial score (nSPS) is 23.9. The molecular weight excluding hydrogens is 196 g/mol. The molecule has 0 spiro atoms. The van der Waals surface area contributed by atoms with Gasteiger partial charge in [-0.05, 0) is 26.3 Å². The first-order valence-corrected chi connectivity index (χ1v) is 5.32. The average molecular weight is 212 g/mol. The van der Waals surface area contributed by atoms with Crippen molar-refractivity contribution in [3.05, 3.63) is 21.0 Å². The molecule has 0 aromatic carbocycles. The Kier molecular flexibility index (Phi) is 2.77. The van der Waals surface area contributed by atoms with E-state index >= 15 is 0 Å². The summed E-state index contributed by atoms with van der Waals surface area (Å²) >= 11 is 0. The first-order chi connectivity index (χ1) is 7.20. The van der Waals surface area contributed by atoms with Crippen LogP contribution in [0.5, 0.6) is 0 Å². The Morgan fingerprint density at radius 1 is 1.27 bits per heavy atom. The Hall–Kier alpha value is -1.30. The van der Waals surface area contributed by atoms with E-state index in [1.54, 1.807) is 0 Å². The molecule has 1 aromatic rings. The lowest BCUT2D eigenvalue weighted by Crippen LogP contribution is -2.44. The van der Waals surface area contributed by atoms with Crippen molar-refractivity contribution in [2.45, 2.75) is 38.3 Å². The third-order valence-corrected chi connectivity index (χ3v) is 3.05. The zero-order valence-electron chi connectivity index (χ0n) is 8.75. The molecule has 0 saturated carbocycles. The van der Waals surface area contributed by atoms with E-state index in [4.69, 9.17) is 0 Å². The number of hydrogen-bond donors (Lipinski definition) is 3. The Morgan fingerprint density at radius 2 is 1.93 bits per heavy atom. The topological polar surface area (TPSA) is 82.7 Å². The number of aromatic nitrogens is 3. The Morgan fingerprint density at radius 3 is 2.47 bits per heavy atom. The van der Waals surface area contributed by atoms with Crippen LogP contribution in [0.1, 0.15) is 32.2 Å². The van der Waals surface area contributed by atoms with E-state index in [2.05, 4.69) is 15.5 Å². The van der Waals surface area contributed by atoms with Gasteiger partial charge in [0.25, 0.3) is 0 Å². The lowest BCUT2D eigenvalue weighted by molar-refractivity contribution is 0.300. The van der Waals surface area contributed by atoms with Crippen molar-refractivity contribution in [3.63, 3.8) is 0 Å². The molecule has 1 aliphatic rings. The summed E-state index contributed by atoms with van der Waals surface area (Å²) in [6.07, 6.45) is 3.33. The fraction of sp³-hybridized carbons (Fsp3) is 0.778. The standard InChI is InChI=1S/C9H16N4O2/c1-6(7-4-2-3-5-10-7)13-8(14)11-12-9(13)15/h6-7,10H,2-5H2,1H3,(H,11,14)(H,12,15). The van der Waals surface area contributed by atoms with Crippen LogP contribution >= 0.6 is 0 Å². The molecule has 1 aliphatic heterocycles. The Balaban J connectivity index is 2.23. The fourth-order valence-electron chi connectivity index (χ4n) is 2.16. The third-order valence-electron chi connectivity index (χ3n) is 3.05. The molecule has 0 amide bonds. The molecular formula is C9H16N4O2.